The summed E-state index contributed by atoms with van der Waals surface area (Å²) in [6, 6.07) is 4.88. The molecule has 1 N–H and O–H groups in total. The molecule has 7 heteroatoms. The van der Waals surface area contributed by atoms with Crippen LogP contribution in [0.5, 0.6) is 0 Å². The molecular formula is C13H11BrN2O3S. The van der Waals surface area contributed by atoms with Gasteiger partial charge in [-0.1, -0.05) is 0 Å². The molecule has 1 amide bonds. The fraction of sp³-hybridized carbons (Fsp3) is 0.154. The van der Waals surface area contributed by atoms with Crippen LogP contribution in [-0.2, 0) is 0 Å². The first-order chi connectivity index (χ1) is 9.40. The van der Waals surface area contributed by atoms with E-state index in [4.69, 9.17) is 0 Å². The zero-order valence-electron chi connectivity index (χ0n) is 10.8. The van der Waals surface area contributed by atoms with Crippen molar-refractivity contribution < 1.29 is 9.72 Å². The third kappa shape index (κ3) is 2.88. The molecule has 0 atom stereocenters. The van der Waals surface area contributed by atoms with E-state index in [1.807, 2.05) is 5.38 Å². The molecule has 0 fully saturated rings. The number of halogens is 1. The van der Waals surface area contributed by atoms with E-state index in [-0.39, 0.29) is 11.6 Å². The lowest BCUT2D eigenvalue weighted by molar-refractivity contribution is -0.385. The molecule has 1 aromatic carbocycles. The first-order valence-electron chi connectivity index (χ1n) is 5.70. The van der Waals surface area contributed by atoms with Gasteiger partial charge >= 0.3 is 0 Å². The zero-order chi connectivity index (χ0) is 14.9. The molecule has 0 aliphatic rings. The molecule has 1 aromatic heterocycles. The highest BCUT2D eigenvalue weighted by Gasteiger charge is 2.16. The number of thiophene rings is 1. The first kappa shape index (κ1) is 14.7. The average Bonchev–Trinajstić information content (AvgIpc) is 2.79. The summed E-state index contributed by atoms with van der Waals surface area (Å²) in [6.45, 7) is 3.37. The Hall–Kier alpha value is -1.73. The molecule has 20 heavy (non-hydrogen) atoms. The lowest BCUT2D eigenvalue weighted by Gasteiger charge is -2.09. The van der Waals surface area contributed by atoms with Gasteiger partial charge in [0.1, 0.15) is 4.88 Å². The van der Waals surface area contributed by atoms with Gasteiger partial charge in [0.05, 0.1) is 4.92 Å². The highest BCUT2D eigenvalue weighted by atomic mass is 79.9. The van der Waals surface area contributed by atoms with Gasteiger partial charge in [-0.2, -0.15) is 0 Å². The Kier molecular flexibility index (Phi) is 4.20. The van der Waals surface area contributed by atoms with Crippen LogP contribution in [-0.4, -0.2) is 10.8 Å². The molecule has 0 unspecified atom stereocenters. The molecule has 104 valence electrons. The molecule has 5 nitrogen and oxygen atoms in total. The van der Waals surface area contributed by atoms with Crippen molar-refractivity contribution in [2.24, 2.45) is 0 Å². The largest absolute Gasteiger partial charge is 0.321 e. The number of anilines is 1. The van der Waals surface area contributed by atoms with Crippen molar-refractivity contribution in [2.45, 2.75) is 13.8 Å². The minimum atomic E-state index is -0.427. The maximum atomic E-state index is 12.1. The van der Waals surface area contributed by atoms with Crippen molar-refractivity contribution in [2.75, 3.05) is 5.32 Å². The summed E-state index contributed by atoms with van der Waals surface area (Å²) < 4.78 is 0.733. The van der Waals surface area contributed by atoms with Crippen molar-refractivity contribution in [1.82, 2.24) is 0 Å². The second-order valence-corrected chi connectivity index (χ2v) is 6.03. The van der Waals surface area contributed by atoms with Crippen LogP contribution in [0.1, 0.15) is 20.8 Å². The lowest BCUT2D eigenvalue weighted by atomic mass is 10.1. The molecule has 0 bridgehead atoms. The van der Waals surface area contributed by atoms with E-state index in [9.17, 15) is 14.9 Å². The second-order valence-electron chi connectivity index (χ2n) is 4.26. The van der Waals surface area contributed by atoms with Crippen molar-refractivity contribution in [1.29, 1.82) is 0 Å². The van der Waals surface area contributed by atoms with Crippen molar-refractivity contribution in [3.63, 3.8) is 0 Å². The summed E-state index contributed by atoms with van der Waals surface area (Å²) in [4.78, 5) is 23.1. The van der Waals surface area contributed by atoms with Gasteiger partial charge in [0.15, 0.2) is 0 Å². The number of nitrogens with one attached hydrogen (secondary N) is 1. The van der Waals surface area contributed by atoms with Crippen LogP contribution < -0.4 is 5.32 Å². The van der Waals surface area contributed by atoms with Gasteiger partial charge in [-0.25, -0.2) is 0 Å². The van der Waals surface area contributed by atoms with E-state index < -0.39 is 4.92 Å². The average molecular weight is 355 g/mol. The topological polar surface area (TPSA) is 72.2 Å². The molecule has 0 spiro atoms. The molecule has 0 saturated carbocycles. The Balaban J connectivity index is 2.31. The molecule has 0 aliphatic carbocycles. The fourth-order valence-corrected chi connectivity index (χ4v) is 3.21. The van der Waals surface area contributed by atoms with E-state index in [1.54, 1.807) is 26.0 Å². The van der Waals surface area contributed by atoms with Crippen molar-refractivity contribution >= 4 is 44.5 Å². The number of rotatable bonds is 3. The van der Waals surface area contributed by atoms with E-state index in [0.717, 1.165) is 4.47 Å². The Bertz CT molecular complexity index is 697. The number of nitrogens with zero attached hydrogens (tertiary/aromatic N) is 1. The van der Waals surface area contributed by atoms with Crippen LogP contribution in [0.15, 0.2) is 28.1 Å². The van der Waals surface area contributed by atoms with Gasteiger partial charge in [0.25, 0.3) is 11.6 Å². The molecule has 1 heterocycles. The number of hydrogen-bond acceptors (Lipinski definition) is 4. The van der Waals surface area contributed by atoms with Crippen molar-refractivity contribution in [3.8, 4) is 0 Å². The highest BCUT2D eigenvalue weighted by molar-refractivity contribution is 9.10. The quantitative estimate of drug-likeness (QED) is 0.660. The smallest absolute Gasteiger partial charge is 0.272 e. The normalized spacial score (nSPS) is 10.3. The van der Waals surface area contributed by atoms with Gasteiger partial charge in [0, 0.05) is 21.8 Å². The Morgan fingerprint density at radius 2 is 2.05 bits per heavy atom. The van der Waals surface area contributed by atoms with Gasteiger partial charge in [-0.05, 0) is 52.9 Å². The minimum absolute atomic E-state index is 0.0535. The molecular weight excluding hydrogens is 344 g/mol. The number of aryl methyl sites for hydroxylation is 2. The maximum absolute atomic E-state index is 12.1. The van der Waals surface area contributed by atoms with Gasteiger partial charge in [0.2, 0.25) is 0 Å². The number of nitro benzene ring substituents is 1. The molecule has 2 rings (SSSR count). The van der Waals surface area contributed by atoms with E-state index in [2.05, 4.69) is 21.2 Å². The fourth-order valence-electron chi connectivity index (χ4n) is 1.77. The van der Waals surface area contributed by atoms with Crippen LogP contribution >= 0.6 is 27.3 Å². The van der Waals surface area contributed by atoms with Crippen molar-refractivity contribution in [3.05, 3.63) is 54.2 Å². The Morgan fingerprint density at radius 1 is 1.35 bits per heavy atom. The first-order valence-corrected chi connectivity index (χ1v) is 7.37. The predicted molar refractivity (Wildman–Crippen MR) is 82.5 cm³/mol. The highest BCUT2D eigenvalue weighted by Crippen LogP contribution is 2.28. The summed E-state index contributed by atoms with van der Waals surface area (Å²) >= 11 is 4.63. The monoisotopic (exact) mass is 354 g/mol. The summed E-state index contributed by atoms with van der Waals surface area (Å²) in [5.74, 6) is -0.233. The molecule has 0 radical (unpaired) electrons. The van der Waals surface area contributed by atoms with E-state index in [0.29, 0.717) is 21.7 Å². The number of benzene rings is 1. The number of nitro groups is 1. The summed E-state index contributed by atoms with van der Waals surface area (Å²) in [6.07, 6.45) is 0. The molecule has 0 aliphatic heterocycles. The lowest BCUT2D eigenvalue weighted by Crippen LogP contribution is -2.12. The SMILES string of the molecule is Cc1cc([N+](=O)[O-])c(C)cc1NC(=O)c1sccc1Br. The van der Waals surface area contributed by atoms with Crippen LogP contribution in [0.2, 0.25) is 0 Å². The summed E-state index contributed by atoms with van der Waals surface area (Å²) in [5, 5.41) is 15.4. The standard InChI is InChI=1S/C13H11BrN2O3S/c1-7-6-11(16(18)19)8(2)5-10(7)15-13(17)12-9(14)3-4-20-12/h3-6H,1-2H3,(H,15,17). The van der Waals surface area contributed by atoms with Crippen LogP contribution in [0, 0.1) is 24.0 Å². The van der Waals surface area contributed by atoms with Crippen LogP contribution in [0.4, 0.5) is 11.4 Å². The summed E-state index contributed by atoms with van der Waals surface area (Å²) in [7, 11) is 0. The predicted octanol–water partition coefficient (Wildman–Crippen LogP) is 4.29. The van der Waals surface area contributed by atoms with E-state index >= 15 is 0 Å². The number of carbonyl (C=O) groups excluding carboxylic acids is 1. The van der Waals surface area contributed by atoms with Crippen LogP contribution in [0.25, 0.3) is 0 Å². The molecule has 0 saturated heterocycles. The Labute approximate surface area is 127 Å². The second kappa shape index (κ2) is 5.72. The van der Waals surface area contributed by atoms with E-state index in [1.165, 1.54) is 17.4 Å². The van der Waals surface area contributed by atoms with Gasteiger partial charge < -0.3 is 5.32 Å². The zero-order valence-corrected chi connectivity index (χ0v) is 13.2. The van der Waals surface area contributed by atoms with Gasteiger partial charge in [-0.15, -0.1) is 11.3 Å². The number of amides is 1. The maximum Gasteiger partial charge on any atom is 0.272 e. The number of hydrogen-bond donors (Lipinski definition) is 1. The third-order valence-corrected chi connectivity index (χ3v) is 4.65. The number of carbonyl (C=O) groups is 1. The minimum Gasteiger partial charge on any atom is -0.321 e. The Morgan fingerprint density at radius 3 is 2.60 bits per heavy atom. The molecule has 2 aromatic rings. The van der Waals surface area contributed by atoms with Gasteiger partial charge in [-0.3, -0.25) is 14.9 Å². The third-order valence-electron chi connectivity index (χ3n) is 2.81. The van der Waals surface area contributed by atoms with Crippen LogP contribution in [0.3, 0.4) is 0 Å². The summed E-state index contributed by atoms with van der Waals surface area (Å²) in [5.41, 5.74) is 1.81.